The van der Waals surface area contributed by atoms with Gasteiger partial charge in [-0.05, 0) is 34.6 Å². The van der Waals surface area contributed by atoms with E-state index in [4.69, 9.17) is 9.84 Å². The van der Waals surface area contributed by atoms with Gasteiger partial charge in [0.2, 0.25) is 0 Å². The third-order valence-corrected chi connectivity index (χ3v) is 6.65. The minimum atomic E-state index is -0.875. The molecule has 35 heavy (non-hydrogen) atoms. The van der Waals surface area contributed by atoms with E-state index in [2.05, 4.69) is 22.5 Å². The molecular formula is C26H26N4O5. The van der Waals surface area contributed by atoms with Crippen molar-refractivity contribution in [3.05, 3.63) is 71.5 Å². The molecule has 9 nitrogen and oxygen atoms in total. The van der Waals surface area contributed by atoms with E-state index in [-0.39, 0.29) is 42.2 Å². The van der Waals surface area contributed by atoms with Gasteiger partial charge in [0.1, 0.15) is 6.61 Å². The normalized spacial score (nSPS) is 16.6. The lowest BCUT2D eigenvalue weighted by Gasteiger charge is -2.16. The molecule has 180 valence electrons. The minimum absolute atomic E-state index is 0.0247. The summed E-state index contributed by atoms with van der Waals surface area (Å²) in [5.74, 6) is -1.37. The molecule has 9 heteroatoms. The van der Waals surface area contributed by atoms with E-state index < -0.39 is 12.1 Å². The molecule has 2 N–H and O–H groups in total. The molecule has 2 aromatic carbocycles. The fourth-order valence-corrected chi connectivity index (χ4v) is 5.06. The molecule has 0 saturated carbocycles. The van der Waals surface area contributed by atoms with Crippen LogP contribution in [0.2, 0.25) is 0 Å². The van der Waals surface area contributed by atoms with Crippen LogP contribution >= 0.6 is 0 Å². The molecular weight excluding hydrogens is 448 g/mol. The molecule has 3 aromatic rings. The van der Waals surface area contributed by atoms with Crippen molar-refractivity contribution >= 4 is 23.7 Å². The molecule has 1 unspecified atom stereocenters. The second-order valence-corrected chi connectivity index (χ2v) is 9.02. The van der Waals surface area contributed by atoms with Crippen molar-refractivity contribution < 1.29 is 24.2 Å². The van der Waals surface area contributed by atoms with Crippen molar-refractivity contribution in [1.82, 2.24) is 14.7 Å². The highest BCUT2D eigenvalue weighted by Crippen LogP contribution is 2.44. The number of fused-ring (bicyclic) bond motifs is 3. The number of hydrogen-bond donors (Lipinski definition) is 2. The first-order valence-electron chi connectivity index (χ1n) is 11.6. The van der Waals surface area contributed by atoms with E-state index in [0.717, 1.165) is 22.3 Å². The smallest absolute Gasteiger partial charge is 0.411 e. The molecule has 0 radical (unpaired) electrons. The van der Waals surface area contributed by atoms with Crippen molar-refractivity contribution in [2.75, 3.05) is 25.0 Å². The van der Waals surface area contributed by atoms with Crippen molar-refractivity contribution in [2.45, 2.75) is 18.8 Å². The maximum Gasteiger partial charge on any atom is 0.411 e. The maximum absolute atomic E-state index is 13.0. The zero-order valence-electron chi connectivity index (χ0n) is 19.3. The zero-order valence-corrected chi connectivity index (χ0v) is 19.3. The molecule has 1 aromatic heterocycles. The van der Waals surface area contributed by atoms with Crippen LogP contribution in [-0.2, 0) is 16.6 Å². The maximum atomic E-state index is 13.0. The Labute approximate surface area is 202 Å². The number of carbonyl (C=O) groups excluding carboxylic acids is 2. The second kappa shape index (κ2) is 9.25. The third-order valence-electron chi connectivity index (χ3n) is 6.65. The molecule has 1 fully saturated rings. The van der Waals surface area contributed by atoms with Crippen LogP contribution in [0.1, 0.15) is 40.4 Å². The van der Waals surface area contributed by atoms with Gasteiger partial charge < -0.3 is 14.7 Å². The minimum Gasteiger partial charge on any atom is -0.481 e. The first-order valence-corrected chi connectivity index (χ1v) is 11.6. The molecule has 2 amide bonds. The molecule has 0 bridgehead atoms. The number of likely N-dealkylation sites (tertiary alicyclic amines) is 1. The summed E-state index contributed by atoms with van der Waals surface area (Å²) in [5, 5.41) is 15.9. The van der Waals surface area contributed by atoms with E-state index in [9.17, 15) is 14.4 Å². The van der Waals surface area contributed by atoms with Crippen LogP contribution in [0, 0.1) is 5.92 Å². The number of carboxylic acid groups (broad SMARTS) is 1. The number of rotatable bonds is 6. The molecule has 2 heterocycles. The number of anilines is 1. The Morgan fingerprint density at radius 2 is 1.74 bits per heavy atom. The summed E-state index contributed by atoms with van der Waals surface area (Å²) >= 11 is 0. The summed E-state index contributed by atoms with van der Waals surface area (Å²) in [6, 6.07) is 16.2. The summed E-state index contributed by atoms with van der Waals surface area (Å²) in [7, 11) is 1.66. The number of aliphatic carboxylic acids is 1. The van der Waals surface area contributed by atoms with Gasteiger partial charge in [-0.25, -0.2) is 4.79 Å². The Balaban J connectivity index is 1.26. The number of amides is 2. The number of benzene rings is 2. The Morgan fingerprint density at radius 1 is 1.09 bits per heavy atom. The van der Waals surface area contributed by atoms with Crippen molar-refractivity contribution in [2.24, 2.45) is 13.0 Å². The lowest BCUT2D eigenvalue weighted by Crippen LogP contribution is -2.30. The fourth-order valence-electron chi connectivity index (χ4n) is 5.06. The molecule has 5 rings (SSSR count). The summed E-state index contributed by atoms with van der Waals surface area (Å²) in [6.07, 6.45) is 1.54. The Morgan fingerprint density at radius 3 is 2.40 bits per heavy atom. The van der Waals surface area contributed by atoms with Crippen LogP contribution in [0.3, 0.4) is 0 Å². The number of nitrogens with one attached hydrogen (secondary N) is 1. The van der Waals surface area contributed by atoms with Crippen LogP contribution in [0.5, 0.6) is 0 Å². The molecule has 2 aliphatic rings. The quantitative estimate of drug-likeness (QED) is 0.563. The van der Waals surface area contributed by atoms with E-state index in [1.165, 1.54) is 4.68 Å². The zero-order chi connectivity index (χ0) is 24.5. The van der Waals surface area contributed by atoms with Gasteiger partial charge in [0, 0.05) is 38.7 Å². The fraction of sp³-hybridized carbons (Fsp3) is 0.308. The monoisotopic (exact) mass is 474 g/mol. The number of ether oxygens (including phenoxy) is 1. The molecule has 1 saturated heterocycles. The predicted molar refractivity (Wildman–Crippen MR) is 128 cm³/mol. The standard InChI is InChI=1S/C26H26N4O5/c1-29-14-22(24(28-29)25(33)30-11-10-16(13-30)12-23(31)32)27-26(34)35-15-21-19-8-4-2-6-17(19)18-7-3-5-9-20(18)21/h2-9,14,16,21H,10-13,15H2,1H3,(H,27,34)(H,31,32). The Kier molecular flexibility index (Phi) is 5.98. The average Bonchev–Trinajstić information content (AvgIpc) is 3.53. The van der Waals surface area contributed by atoms with Crippen LogP contribution in [0.4, 0.5) is 10.5 Å². The van der Waals surface area contributed by atoms with Crippen LogP contribution < -0.4 is 5.32 Å². The van der Waals surface area contributed by atoms with Gasteiger partial charge in [0.15, 0.2) is 5.69 Å². The lowest BCUT2D eigenvalue weighted by molar-refractivity contribution is -0.138. The summed E-state index contributed by atoms with van der Waals surface area (Å²) in [5.41, 5.74) is 4.88. The molecule has 1 atom stereocenters. The van der Waals surface area contributed by atoms with Gasteiger partial charge in [0.05, 0.1) is 5.69 Å². The van der Waals surface area contributed by atoms with E-state index in [0.29, 0.717) is 19.5 Å². The predicted octanol–water partition coefficient (Wildman–Crippen LogP) is 3.72. The summed E-state index contributed by atoms with van der Waals surface area (Å²) < 4.78 is 7.05. The topological polar surface area (TPSA) is 114 Å². The van der Waals surface area contributed by atoms with Crippen LogP contribution in [0.25, 0.3) is 11.1 Å². The number of nitrogens with zero attached hydrogens (tertiary/aromatic N) is 3. The lowest BCUT2D eigenvalue weighted by atomic mass is 9.98. The Bertz CT molecular complexity index is 1250. The molecule has 0 spiro atoms. The highest BCUT2D eigenvalue weighted by atomic mass is 16.5. The van der Waals surface area contributed by atoms with Gasteiger partial charge in [-0.15, -0.1) is 0 Å². The van der Waals surface area contributed by atoms with E-state index in [1.54, 1.807) is 18.1 Å². The SMILES string of the molecule is Cn1cc(NC(=O)OCC2c3ccccc3-c3ccccc32)c(C(=O)N2CCC(CC(=O)O)C2)n1. The summed E-state index contributed by atoms with van der Waals surface area (Å²) in [4.78, 5) is 38.3. The van der Waals surface area contributed by atoms with Crippen molar-refractivity contribution in [1.29, 1.82) is 0 Å². The largest absolute Gasteiger partial charge is 0.481 e. The summed E-state index contributed by atoms with van der Waals surface area (Å²) in [6.45, 7) is 0.968. The van der Waals surface area contributed by atoms with Crippen molar-refractivity contribution in [3.63, 3.8) is 0 Å². The number of carbonyl (C=O) groups is 3. The first kappa shape index (κ1) is 22.6. The number of aryl methyl sites for hydroxylation is 1. The number of aromatic nitrogens is 2. The van der Waals surface area contributed by atoms with Crippen LogP contribution in [0.15, 0.2) is 54.7 Å². The number of hydrogen-bond acceptors (Lipinski definition) is 5. The average molecular weight is 475 g/mol. The van der Waals surface area contributed by atoms with Crippen molar-refractivity contribution in [3.8, 4) is 11.1 Å². The second-order valence-electron chi connectivity index (χ2n) is 9.02. The first-order chi connectivity index (χ1) is 16.9. The van der Waals surface area contributed by atoms with Gasteiger partial charge in [-0.2, -0.15) is 5.10 Å². The van der Waals surface area contributed by atoms with Gasteiger partial charge in [-0.3, -0.25) is 19.6 Å². The van der Waals surface area contributed by atoms with Crippen LogP contribution in [-0.4, -0.2) is 57.5 Å². The van der Waals surface area contributed by atoms with Gasteiger partial charge >= 0.3 is 12.1 Å². The molecule has 1 aliphatic heterocycles. The van der Waals surface area contributed by atoms with E-state index in [1.807, 2.05) is 36.4 Å². The van der Waals surface area contributed by atoms with E-state index >= 15 is 0 Å². The van der Waals surface area contributed by atoms with Gasteiger partial charge in [0.25, 0.3) is 5.91 Å². The molecule has 1 aliphatic carbocycles. The highest BCUT2D eigenvalue weighted by molar-refractivity contribution is 6.01. The highest BCUT2D eigenvalue weighted by Gasteiger charge is 2.32. The number of carboxylic acids is 1. The third kappa shape index (κ3) is 4.49. The van der Waals surface area contributed by atoms with Gasteiger partial charge in [-0.1, -0.05) is 48.5 Å². The Hall–Kier alpha value is -4.14.